The standard InChI is InChI=1S/C22H26ClN5O2/c1-13-9-15(23)10-18(30)19(13)20-17-6-3-7-24-21(17)22(27-26-20)25-16-5-4-8-28(11-16)14(2)12-29/h3,6-7,9-10,14,16,29-30H,4-5,8,11-12H2,1-2H3,(H,25,27). The molecule has 2 aromatic heterocycles. The lowest BCUT2D eigenvalue weighted by atomic mass is 10.0. The van der Waals surface area contributed by atoms with Crippen molar-refractivity contribution in [2.45, 2.75) is 38.8 Å². The maximum Gasteiger partial charge on any atom is 0.175 e. The molecule has 1 aliphatic rings. The number of likely N-dealkylation sites (tertiary alicyclic amines) is 1. The number of pyridine rings is 1. The molecule has 0 bridgehead atoms. The maximum absolute atomic E-state index is 10.5. The molecule has 30 heavy (non-hydrogen) atoms. The smallest absolute Gasteiger partial charge is 0.175 e. The van der Waals surface area contributed by atoms with Crippen LogP contribution in [0.15, 0.2) is 30.5 Å². The normalized spacial score (nSPS) is 18.5. The number of nitrogens with one attached hydrogen (secondary N) is 1. The lowest BCUT2D eigenvalue weighted by Gasteiger charge is -2.36. The molecular formula is C22H26ClN5O2. The van der Waals surface area contributed by atoms with Crippen LogP contribution < -0.4 is 5.32 Å². The predicted molar refractivity (Wildman–Crippen MR) is 119 cm³/mol. The number of piperidine rings is 1. The molecule has 8 heteroatoms. The third-order valence-electron chi connectivity index (χ3n) is 5.73. The fraction of sp³-hybridized carbons (Fsp3) is 0.409. The van der Waals surface area contributed by atoms with Crippen molar-refractivity contribution in [1.29, 1.82) is 0 Å². The Hall–Kier alpha value is -2.48. The van der Waals surface area contributed by atoms with Crippen molar-refractivity contribution in [3.05, 3.63) is 41.0 Å². The molecule has 0 amide bonds. The number of hydrogen-bond acceptors (Lipinski definition) is 7. The number of aliphatic hydroxyl groups is 1. The Labute approximate surface area is 180 Å². The number of hydrogen-bond donors (Lipinski definition) is 3. The van der Waals surface area contributed by atoms with Crippen LogP contribution in [0.25, 0.3) is 22.2 Å². The number of benzene rings is 1. The van der Waals surface area contributed by atoms with Gasteiger partial charge in [-0.3, -0.25) is 9.88 Å². The van der Waals surface area contributed by atoms with E-state index in [2.05, 4.69) is 25.4 Å². The Bertz CT molecular complexity index is 1040. The van der Waals surface area contributed by atoms with E-state index in [1.807, 2.05) is 26.0 Å². The zero-order valence-electron chi connectivity index (χ0n) is 17.1. The Morgan fingerprint density at radius 1 is 1.33 bits per heavy atom. The van der Waals surface area contributed by atoms with Gasteiger partial charge < -0.3 is 15.5 Å². The first-order valence-corrected chi connectivity index (χ1v) is 10.6. The molecule has 1 saturated heterocycles. The van der Waals surface area contributed by atoms with Crippen molar-refractivity contribution in [1.82, 2.24) is 20.1 Å². The quantitative estimate of drug-likeness (QED) is 0.572. The molecule has 1 fully saturated rings. The Balaban J connectivity index is 1.70. The number of aromatic hydroxyl groups is 1. The molecule has 0 saturated carbocycles. The molecule has 3 N–H and O–H groups in total. The molecular weight excluding hydrogens is 402 g/mol. The third kappa shape index (κ3) is 4.05. The van der Waals surface area contributed by atoms with E-state index in [1.165, 1.54) is 6.07 Å². The number of rotatable bonds is 5. The minimum Gasteiger partial charge on any atom is -0.507 e. The van der Waals surface area contributed by atoms with Gasteiger partial charge in [0, 0.05) is 40.8 Å². The highest BCUT2D eigenvalue weighted by atomic mass is 35.5. The van der Waals surface area contributed by atoms with E-state index in [0.717, 1.165) is 36.9 Å². The SMILES string of the molecule is Cc1cc(Cl)cc(O)c1-c1nnc(NC2CCCN(C(C)CO)C2)c2ncccc12. The molecule has 7 nitrogen and oxygen atoms in total. The monoisotopic (exact) mass is 427 g/mol. The first-order valence-electron chi connectivity index (χ1n) is 10.2. The topological polar surface area (TPSA) is 94.4 Å². The third-order valence-corrected chi connectivity index (χ3v) is 5.95. The van der Waals surface area contributed by atoms with Crippen molar-refractivity contribution in [2.75, 3.05) is 25.0 Å². The number of phenolic OH excluding ortho intramolecular Hbond substituents is 1. The molecule has 1 aliphatic heterocycles. The van der Waals surface area contributed by atoms with E-state index in [0.29, 0.717) is 27.6 Å². The van der Waals surface area contributed by atoms with Crippen LogP contribution >= 0.6 is 11.6 Å². The molecule has 158 valence electrons. The van der Waals surface area contributed by atoms with E-state index in [1.54, 1.807) is 12.3 Å². The lowest BCUT2D eigenvalue weighted by molar-refractivity contribution is 0.110. The lowest BCUT2D eigenvalue weighted by Crippen LogP contribution is -2.47. The number of nitrogens with zero attached hydrogens (tertiary/aromatic N) is 4. The van der Waals surface area contributed by atoms with Gasteiger partial charge in [0.15, 0.2) is 5.82 Å². The minimum absolute atomic E-state index is 0.0704. The van der Waals surface area contributed by atoms with Gasteiger partial charge in [-0.1, -0.05) is 11.6 Å². The van der Waals surface area contributed by atoms with Crippen LogP contribution in [0.4, 0.5) is 5.82 Å². The van der Waals surface area contributed by atoms with Gasteiger partial charge in [0.2, 0.25) is 0 Å². The second-order valence-corrected chi connectivity index (χ2v) is 8.36. The summed E-state index contributed by atoms with van der Waals surface area (Å²) in [5.74, 6) is 0.699. The van der Waals surface area contributed by atoms with Crippen LogP contribution in [0.1, 0.15) is 25.3 Å². The Kier molecular flexibility index (Phi) is 6.04. The first-order chi connectivity index (χ1) is 14.5. The highest BCUT2D eigenvalue weighted by molar-refractivity contribution is 6.31. The van der Waals surface area contributed by atoms with E-state index in [-0.39, 0.29) is 24.4 Å². The zero-order valence-corrected chi connectivity index (χ0v) is 17.9. The first kappa shape index (κ1) is 20.8. The average Bonchev–Trinajstić information content (AvgIpc) is 2.74. The highest BCUT2D eigenvalue weighted by Crippen LogP contribution is 2.38. The summed E-state index contributed by atoms with van der Waals surface area (Å²) >= 11 is 6.07. The van der Waals surface area contributed by atoms with Gasteiger partial charge in [-0.05, 0) is 63.1 Å². The summed E-state index contributed by atoms with van der Waals surface area (Å²) in [6.07, 6.45) is 3.80. The number of aromatic nitrogens is 3. The van der Waals surface area contributed by atoms with Crippen molar-refractivity contribution in [3.63, 3.8) is 0 Å². The maximum atomic E-state index is 10.5. The Morgan fingerprint density at radius 3 is 2.93 bits per heavy atom. The highest BCUT2D eigenvalue weighted by Gasteiger charge is 2.25. The van der Waals surface area contributed by atoms with Gasteiger partial charge in [0.05, 0.1) is 6.61 Å². The molecule has 3 heterocycles. The Morgan fingerprint density at radius 2 is 2.17 bits per heavy atom. The zero-order chi connectivity index (χ0) is 21.3. The number of fused-ring (bicyclic) bond motifs is 1. The van der Waals surface area contributed by atoms with Crippen molar-refractivity contribution >= 4 is 28.3 Å². The van der Waals surface area contributed by atoms with Crippen LogP contribution in [0.2, 0.25) is 5.02 Å². The van der Waals surface area contributed by atoms with Crippen molar-refractivity contribution < 1.29 is 10.2 Å². The number of aryl methyl sites for hydroxylation is 1. The molecule has 3 aromatic rings. The van der Waals surface area contributed by atoms with Crippen LogP contribution in [0.3, 0.4) is 0 Å². The molecule has 2 unspecified atom stereocenters. The summed E-state index contributed by atoms with van der Waals surface area (Å²) in [5, 5.41) is 33.7. The van der Waals surface area contributed by atoms with Gasteiger partial charge in [-0.25, -0.2) is 0 Å². The van der Waals surface area contributed by atoms with Crippen LogP contribution in [0.5, 0.6) is 5.75 Å². The van der Waals surface area contributed by atoms with E-state index in [9.17, 15) is 10.2 Å². The summed E-state index contributed by atoms with van der Waals surface area (Å²) in [4.78, 5) is 6.84. The molecule has 0 radical (unpaired) electrons. The van der Waals surface area contributed by atoms with E-state index < -0.39 is 0 Å². The molecule has 0 spiro atoms. The average molecular weight is 428 g/mol. The summed E-state index contributed by atoms with van der Waals surface area (Å²) in [7, 11) is 0. The second kappa shape index (κ2) is 8.71. The van der Waals surface area contributed by atoms with E-state index >= 15 is 0 Å². The fourth-order valence-corrected chi connectivity index (χ4v) is 4.40. The minimum atomic E-state index is 0.0704. The summed E-state index contributed by atoms with van der Waals surface area (Å²) in [6, 6.07) is 7.43. The summed E-state index contributed by atoms with van der Waals surface area (Å²) < 4.78 is 0. The van der Waals surface area contributed by atoms with Gasteiger partial charge in [0.25, 0.3) is 0 Å². The van der Waals surface area contributed by atoms with Gasteiger partial charge >= 0.3 is 0 Å². The molecule has 2 atom stereocenters. The number of halogens is 1. The largest absolute Gasteiger partial charge is 0.507 e. The summed E-state index contributed by atoms with van der Waals surface area (Å²) in [5.41, 5.74) is 2.72. The van der Waals surface area contributed by atoms with E-state index in [4.69, 9.17) is 11.6 Å². The van der Waals surface area contributed by atoms with Crippen molar-refractivity contribution in [2.24, 2.45) is 0 Å². The van der Waals surface area contributed by atoms with Crippen LogP contribution in [-0.2, 0) is 0 Å². The van der Waals surface area contributed by atoms with Gasteiger partial charge in [-0.15, -0.1) is 10.2 Å². The fourth-order valence-electron chi connectivity index (χ4n) is 4.14. The second-order valence-electron chi connectivity index (χ2n) is 7.92. The molecule has 1 aromatic carbocycles. The van der Waals surface area contributed by atoms with Crippen LogP contribution in [-0.4, -0.2) is 62.1 Å². The summed E-state index contributed by atoms with van der Waals surface area (Å²) in [6.45, 7) is 5.88. The number of anilines is 1. The number of aliphatic hydroxyl groups excluding tert-OH is 1. The molecule has 0 aliphatic carbocycles. The predicted octanol–water partition coefficient (Wildman–Crippen LogP) is 3.62. The number of phenols is 1. The van der Waals surface area contributed by atoms with Crippen molar-refractivity contribution in [3.8, 4) is 17.0 Å². The van der Waals surface area contributed by atoms with Gasteiger partial charge in [0.1, 0.15) is 17.0 Å². The van der Waals surface area contributed by atoms with Gasteiger partial charge in [-0.2, -0.15) is 0 Å². The molecule has 4 rings (SSSR count). The van der Waals surface area contributed by atoms with Crippen LogP contribution in [0, 0.1) is 6.92 Å².